The summed E-state index contributed by atoms with van der Waals surface area (Å²) in [5.41, 5.74) is -0.464. The van der Waals surface area contributed by atoms with Crippen molar-refractivity contribution in [1.82, 2.24) is 0 Å². The zero-order chi connectivity index (χ0) is 28.3. The van der Waals surface area contributed by atoms with Crippen LogP contribution >= 0.6 is 0 Å². The zero-order valence-electron chi connectivity index (χ0n) is 23.3. The molecule has 0 heterocycles. The fourth-order valence-corrected chi connectivity index (χ4v) is 10.6. The topological polar surface area (TPSA) is 144 Å². The molecule has 0 aliphatic heterocycles. The Morgan fingerprint density at radius 3 is 2.11 bits per heavy atom. The first-order valence-corrected chi connectivity index (χ1v) is 17.0. The van der Waals surface area contributed by atoms with Crippen molar-refractivity contribution in [2.24, 2.45) is 52.3 Å². The minimum absolute atomic E-state index is 0.0423. The first-order chi connectivity index (χ1) is 17.4. The standard InChI is InChI=1S/C27H46O9S2/c1-16(2)7-6-8-17(3)19-9-10-20-18-13-23(28)22-14-24(35-37(29,30)31)25(36-38(32,33)34)15-27(22,5)21(18)11-12-26(19,20)4/h16-22,24-25H,6-15H2,1-5H3,(H,29,30,31)(H,32,33,34)/t17-,18+,19-,20+,21+,22-,24+,25-,26-,27-/m1/s1. The molecular weight excluding hydrogens is 532 g/mol. The Balaban J connectivity index is 1.58. The zero-order valence-corrected chi connectivity index (χ0v) is 25.0. The fraction of sp³-hybridized carbons (Fsp3) is 0.963. The van der Waals surface area contributed by atoms with E-state index in [2.05, 4.69) is 27.7 Å². The fourth-order valence-electron chi connectivity index (χ4n) is 9.57. The average Bonchev–Trinajstić information content (AvgIpc) is 3.10. The normalized spacial score (nSPS) is 42.4. The third-order valence-electron chi connectivity index (χ3n) is 11.1. The Labute approximate surface area is 228 Å². The highest BCUT2D eigenvalue weighted by Gasteiger charge is 2.64. The Bertz CT molecular complexity index is 1100. The largest absolute Gasteiger partial charge is 0.397 e. The molecule has 0 radical (unpaired) electrons. The van der Waals surface area contributed by atoms with E-state index >= 15 is 0 Å². The molecule has 220 valence electrons. The minimum atomic E-state index is -4.92. The summed E-state index contributed by atoms with van der Waals surface area (Å²) in [6, 6.07) is 0. The summed E-state index contributed by atoms with van der Waals surface area (Å²) in [4.78, 5) is 13.6. The molecule has 11 heteroatoms. The molecule has 9 nitrogen and oxygen atoms in total. The molecule has 0 unspecified atom stereocenters. The smallest absolute Gasteiger partial charge is 0.299 e. The van der Waals surface area contributed by atoms with Crippen LogP contribution in [0, 0.1) is 52.3 Å². The lowest BCUT2D eigenvalue weighted by atomic mass is 9.44. The van der Waals surface area contributed by atoms with E-state index in [-0.39, 0.29) is 35.9 Å². The van der Waals surface area contributed by atoms with Crippen LogP contribution in [0.15, 0.2) is 0 Å². The molecule has 0 amide bonds. The van der Waals surface area contributed by atoms with Gasteiger partial charge in [-0.3, -0.25) is 13.9 Å². The summed E-state index contributed by atoms with van der Waals surface area (Å²) in [6.07, 6.45) is 5.59. The molecule has 4 fully saturated rings. The molecule has 0 aromatic rings. The maximum Gasteiger partial charge on any atom is 0.397 e. The number of carbonyl (C=O) groups excluding carboxylic acids is 1. The molecule has 10 atom stereocenters. The molecule has 4 saturated carbocycles. The van der Waals surface area contributed by atoms with Crippen LogP contribution in [0.25, 0.3) is 0 Å². The van der Waals surface area contributed by atoms with E-state index in [9.17, 15) is 30.7 Å². The number of hydrogen-bond donors (Lipinski definition) is 2. The Morgan fingerprint density at radius 1 is 0.895 bits per heavy atom. The van der Waals surface area contributed by atoms with Gasteiger partial charge in [-0.25, -0.2) is 8.37 Å². The third kappa shape index (κ3) is 6.03. The predicted octanol–water partition coefficient (Wildman–Crippen LogP) is 5.27. The lowest BCUT2D eigenvalue weighted by Crippen LogP contribution is -2.60. The molecule has 4 aliphatic rings. The third-order valence-corrected chi connectivity index (χ3v) is 12.1. The van der Waals surface area contributed by atoms with E-state index in [0.717, 1.165) is 19.3 Å². The SMILES string of the molecule is CC(C)CCC[C@@H](C)[C@H]1CC[C@H]2[C@@H]3CC(=O)[C@H]4C[C@H](OS(=O)(=O)O)[C@H](OS(=O)(=O)O)C[C@]4(C)[C@H]3CC[C@]12C. The second-order valence-electron chi connectivity index (χ2n) is 13.7. The van der Waals surface area contributed by atoms with E-state index in [4.69, 9.17) is 8.37 Å². The number of Topliss-reactive ketones (excluding diaryl/α,β-unsaturated/α-hetero) is 1. The van der Waals surface area contributed by atoms with Crippen molar-refractivity contribution in [3.8, 4) is 0 Å². The maximum atomic E-state index is 13.6. The minimum Gasteiger partial charge on any atom is -0.299 e. The average molecular weight is 579 g/mol. The quantitative estimate of drug-likeness (QED) is 0.349. The van der Waals surface area contributed by atoms with Crippen LogP contribution in [0.2, 0.25) is 0 Å². The number of carbonyl (C=O) groups is 1. The number of hydrogen-bond acceptors (Lipinski definition) is 7. The van der Waals surface area contributed by atoms with Crippen molar-refractivity contribution in [1.29, 1.82) is 0 Å². The van der Waals surface area contributed by atoms with Crippen LogP contribution < -0.4 is 0 Å². The van der Waals surface area contributed by atoms with E-state index < -0.39 is 44.3 Å². The van der Waals surface area contributed by atoms with Gasteiger partial charge in [0.25, 0.3) is 0 Å². The van der Waals surface area contributed by atoms with E-state index in [1.807, 2.05) is 6.92 Å². The van der Waals surface area contributed by atoms with Crippen LogP contribution in [-0.4, -0.2) is 43.9 Å². The molecule has 38 heavy (non-hydrogen) atoms. The van der Waals surface area contributed by atoms with Gasteiger partial charge in [-0.15, -0.1) is 0 Å². The highest BCUT2D eigenvalue weighted by molar-refractivity contribution is 7.81. The molecule has 2 N–H and O–H groups in total. The number of fused-ring (bicyclic) bond motifs is 5. The van der Waals surface area contributed by atoms with Gasteiger partial charge in [0.1, 0.15) is 18.0 Å². The summed E-state index contributed by atoms with van der Waals surface area (Å²) in [5, 5.41) is 0. The van der Waals surface area contributed by atoms with Crippen LogP contribution in [0.1, 0.15) is 98.8 Å². The molecule has 0 bridgehead atoms. The van der Waals surface area contributed by atoms with Gasteiger partial charge in [0.05, 0.1) is 0 Å². The second-order valence-corrected chi connectivity index (χ2v) is 15.8. The summed E-state index contributed by atoms with van der Waals surface area (Å²) in [5.74, 6) is 2.21. The van der Waals surface area contributed by atoms with Crippen molar-refractivity contribution in [2.45, 2.75) is 111 Å². The molecule has 0 saturated heterocycles. The molecule has 0 aromatic carbocycles. The van der Waals surface area contributed by atoms with Gasteiger partial charge in [0.2, 0.25) is 0 Å². The van der Waals surface area contributed by atoms with Crippen molar-refractivity contribution in [3.63, 3.8) is 0 Å². The van der Waals surface area contributed by atoms with Crippen molar-refractivity contribution >= 4 is 26.6 Å². The molecule has 4 rings (SSSR count). The molecule has 0 aromatic heterocycles. The van der Waals surface area contributed by atoms with Gasteiger partial charge >= 0.3 is 20.8 Å². The Kier molecular flexibility index (Phi) is 8.53. The van der Waals surface area contributed by atoms with E-state index in [1.54, 1.807) is 0 Å². The van der Waals surface area contributed by atoms with Gasteiger partial charge in [0, 0.05) is 12.3 Å². The first-order valence-electron chi connectivity index (χ1n) is 14.3. The van der Waals surface area contributed by atoms with Gasteiger partial charge in [-0.1, -0.05) is 53.9 Å². The summed E-state index contributed by atoms with van der Waals surface area (Å²) < 4.78 is 74.6. The Morgan fingerprint density at radius 2 is 1.50 bits per heavy atom. The Hall–Kier alpha value is -0.590. The molecule has 0 spiro atoms. The summed E-state index contributed by atoms with van der Waals surface area (Å²) in [7, 11) is -9.84. The summed E-state index contributed by atoms with van der Waals surface area (Å²) in [6.45, 7) is 11.3. The van der Waals surface area contributed by atoms with E-state index in [1.165, 1.54) is 25.7 Å². The maximum absolute atomic E-state index is 13.6. The monoisotopic (exact) mass is 578 g/mol. The predicted molar refractivity (Wildman–Crippen MR) is 142 cm³/mol. The van der Waals surface area contributed by atoms with Crippen LogP contribution in [0.5, 0.6) is 0 Å². The molecular formula is C27H46O9S2. The summed E-state index contributed by atoms with van der Waals surface area (Å²) >= 11 is 0. The van der Waals surface area contributed by atoms with Gasteiger partial charge in [-0.05, 0) is 84.9 Å². The van der Waals surface area contributed by atoms with Crippen molar-refractivity contribution in [3.05, 3.63) is 0 Å². The van der Waals surface area contributed by atoms with Crippen molar-refractivity contribution < 1.29 is 39.1 Å². The van der Waals surface area contributed by atoms with Gasteiger partial charge in [0.15, 0.2) is 0 Å². The lowest BCUT2D eigenvalue weighted by Gasteiger charge is -2.61. The van der Waals surface area contributed by atoms with Gasteiger partial charge in [-0.2, -0.15) is 16.8 Å². The van der Waals surface area contributed by atoms with Crippen LogP contribution in [0.4, 0.5) is 0 Å². The highest BCUT2D eigenvalue weighted by Crippen LogP contribution is 2.68. The second kappa shape index (κ2) is 10.7. The van der Waals surface area contributed by atoms with Crippen LogP contribution in [-0.2, 0) is 34.0 Å². The van der Waals surface area contributed by atoms with Crippen molar-refractivity contribution in [2.75, 3.05) is 0 Å². The van der Waals surface area contributed by atoms with Crippen LogP contribution in [0.3, 0.4) is 0 Å². The lowest BCUT2D eigenvalue weighted by molar-refractivity contribution is -0.169. The molecule has 4 aliphatic carbocycles. The highest BCUT2D eigenvalue weighted by atomic mass is 32.3. The number of rotatable bonds is 9. The number of ketones is 1. The van der Waals surface area contributed by atoms with E-state index in [0.29, 0.717) is 30.1 Å². The first kappa shape index (κ1) is 30.4. The van der Waals surface area contributed by atoms with Gasteiger partial charge < -0.3 is 0 Å².